The molecule has 0 aliphatic carbocycles. The fraction of sp³-hybridized carbons (Fsp3) is 0.571. The summed E-state index contributed by atoms with van der Waals surface area (Å²) in [5.41, 5.74) is 6.63. The second-order valence-corrected chi connectivity index (χ2v) is 2.50. The van der Waals surface area contributed by atoms with Gasteiger partial charge in [0.15, 0.2) is 0 Å². The number of nitrogens with one attached hydrogen (secondary N) is 2. The topological polar surface area (TPSA) is 76.0 Å². The molecule has 0 saturated carbocycles. The SMILES string of the molecule is CNc1[nH]ncc1CC(N)OC. The Kier molecular flexibility index (Phi) is 3.07. The van der Waals surface area contributed by atoms with E-state index < -0.39 is 0 Å². The van der Waals surface area contributed by atoms with Gasteiger partial charge in [-0.1, -0.05) is 0 Å². The average Bonchev–Trinajstić information content (AvgIpc) is 2.51. The minimum Gasteiger partial charge on any atom is -0.373 e. The van der Waals surface area contributed by atoms with E-state index in [1.807, 2.05) is 7.05 Å². The predicted octanol–water partition coefficient (Wildman–Crippen LogP) is -0.0749. The molecule has 1 heterocycles. The van der Waals surface area contributed by atoms with Crippen LogP contribution >= 0.6 is 0 Å². The number of H-pyrrole nitrogens is 1. The molecule has 0 aliphatic heterocycles. The van der Waals surface area contributed by atoms with Gasteiger partial charge in [-0.05, 0) is 0 Å². The van der Waals surface area contributed by atoms with Gasteiger partial charge >= 0.3 is 0 Å². The molecule has 1 atom stereocenters. The molecule has 1 aromatic heterocycles. The lowest BCUT2D eigenvalue weighted by Gasteiger charge is -2.08. The van der Waals surface area contributed by atoms with E-state index >= 15 is 0 Å². The zero-order valence-electron chi connectivity index (χ0n) is 7.29. The first-order chi connectivity index (χ1) is 5.77. The van der Waals surface area contributed by atoms with Crippen LogP contribution in [-0.4, -0.2) is 30.6 Å². The Morgan fingerprint density at radius 3 is 3.17 bits per heavy atom. The zero-order chi connectivity index (χ0) is 8.97. The lowest BCUT2D eigenvalue weighted by atomic mass is 10.2. The normalized spacial score (nSPS) is 12.9. The van der Waals surface area contributed by atoms with E-state index in [2.05, 4.69) is 15.5 Å². The first-order valence-electron chi connectivity index (χ1n) is 3.76. The molecule has 12 heavy (non-hydrogen) atoms. The molecule has 5 heteroatoms. The average molecular weight is 170 g/mol. The monoisotopic (exact) mass is 170 g/mol. The first-order valence-corrected chi connectivity index (χ1v) is 3.76. The molecule has 1 unspecified atom stereocenters. The quantitative estimate of drug-likeness (QED) is 0.553. The van der Waals surface area contributed by atoms with Gasteiger partial charge in [0.25, 0.3) is 0 Å². The summed E-state index contributed by atoms with van der Waals surface area (Å²) in [5, 5.41) is 9.67. The molecule has 0 bridgehead atoms. The fourth-order valence-electron chi connectivity index (χ4n) is 0.982. The van der Waals surface area contributed by atoms with Gasteiger partial charge in [0.1, 0.15) is 12.0 Å². The molecule has 0 aliphatic rings. The molecule has 0 radical (unpaired) electrons. The molecule has 0 saturated heterocycles. The summed E-state index contributed by atoms with van der Waals surface area (Å²) < 4.78 is 4.93. The number of aromatic nitrogens is 2. The highest BCUT2D eigenvalue weighted by Gasteiger charge is 2.07. The number of rotatable bonds is 4. The van der Waals surface area contributed by atoms with Gasteiger partial charge in [-0.25, -0.2) is 0 Å². The van der Waals surface area contributed by atoms with E-state index in [0.29, 0.717) is 6.42 Å². The lowest BCUT2D eigenvalue weighted by Crippen LogP contribution is -2.24. The van der Waals surface area contributed by atoms with Crippen molar-refractivity contribution in [3.63, 3.8) is 0 Å². The summed E-state index contributed by atoms with van der Waals surface area (Å²) in [6.45, 7) is 0. The molecule has 0 aromatic carbocycles. The van der Waals surface area contributed by atoms with Crippen molar-refractivity contribution in [2.75, 3.05) is 19.5 Å². The molecule has 1 rings (SSSR count). The van der Waals surface area contributed by atoms with Gasteiger partial charge in [0, 0.05) is 26.1 Å². The minimum atomic E-state index is -0.269. The van der Waals surface area contributed by atoms with Crippen LogP contribution in [0.2, 0.25) is 0 Å². The Bertz CT molecular complexity index is 235. The summed E-state index contributed by atoms with van der Waals surface area (Å²) in [7, 11) is 3.42. The van der Waals surface area contributed by atoms with Crippen molar-refractivity contribution in [2.24, 2.45) is 5.73 Å². The molecule has 0 amide bonds. The highest BCUT2D eigenvalue weighted by atomic mass is 16.5. The largest absolute Gasteiger partial charge is 0.373 e. The van der Waals surface area contributed by atoms with E-state index in [9.17, 15) is 0 Å². The fourth-order valence-corrected chi connectivity index (χ4v) is 0.982. The van der Waals surface area contributed by atoms with Gasteiger partial charge in [-0.2, -0.15) is 5.10 Å². The lowest BCUT2D eigenvalue weighted by molar-refractivity contribution is 0.109. The van der Waals surface area contributed by atoms with Crippen LogP contribution in [0.25, 0.3) is 0 Å². The first kappa shape index (κ1) is 9.02. The number of ether oxygens (including phenoxy) is 1. The summed E-state index contributed by atoms with van der Waals surface area (Å²) >= 11 is 0. The van der Waals surface area contributed by atoms with E-state index in [4.69, 9.17) is 10.5 Å². The standard InChI is InChI=1S/C7H14N4O/c1-9-7-5(4-10-11-7)3-6(8)12-2/h4,6H,3,8H2,1-2H3,(H2,9,10,11). The summed E-state index contributed by atoms with van der Waals surface area (Å²) in [5.74, 6) is 0.891. The summed E-state index contributed by atoms with van der Waals surface area (Å²) in [4.78, 5) is 0. The zero-order valence-corrected chi connectivity index (χ0v) is 7.29. The van der Waals surface area contributed by atoms with E-state index in [1.165, 1.54) is 0 Å². The number of nitrogens with two attached hydrogens (primary N) is 1. The highest BCUT2D eigenvalue weighted by Crippen LogP contribution is 2.11. The maximum atomic E-state index is 5.60. The van der Waals surface area contributed by atoms with Crippen LogP contribution in [0.4, 0.5) is 5.82 Å². The van der Waals surface area contributed by atoms with Crippen molar-refractivity contribution >= 4 is 5.82 Å². The third kappa shape index (κ3) is 1.96. The van der Waals surface area contributed by atoms with Gasteiger partial charge in [0.2, 0.25) is 0 Å². The molecule has 4 N–H and O–H groups in total. The molecular weight excluding hydrogens is 156 g/mol. The Labute approximate surface area is 71.3 Å². The second kappa shape index (κ2) is 4.08. The van der Waals surface area contributed by atoms with Gasteiger partial charge < -0.3 is 15.8 Å². The molecule has 1 aromatic rings. The van der Waals surface area contributed by atoms with Gasteiger partial charge in [-0.3, -0.25) is 5.10 Å². The third-order valence-corrected chi connectivity index (χ3v) is 1.69. The maximum absolute atomic E-state index is 5.60. The smallest absolute Gasteiger partial charge is 0.124 e. The van der Waals surface area contributed by atoms with E-state index in [1.54, 1.807) is 13.3 Å². The van der Waals surface area contributed by atoms with Crippen molar-refractivity contribution in [1.82, 2.24) is 10.2 Å². The van der Waals surface area contributed by atoms with Crippen LogP contribution < -0.4 is 11.1 Å². The number of aromatic amines is 1. The van der Waals surface area contributed by atoms with Gasteiger partial charge in [0.05, 0.1) is 6.20 Å². The van der Waals surface area contributed by atoms with Crippen LogP contribution in [0.3, 0.4) is 0 Å². The Morgan fingerprint density at radius 1 is 1.83 bits per heavy atom. The third-order valence-electron chi connectivity index (χ3n) is 1.69. The van der Waals surface area contributed by atoms with Gasteiger partial charge in [-0.15, -0.1) is 0 Å². The Balaban J connectivity index is 2.61. The number of nitrogens with zero attached hydrogens (tertiary/aromatic N) is 1. The van der Waals surface area contributed by atoms with E-state index in [-0.39, 0.29) is 6.23 Å². The van der Waals surface area contributed by atoms with Crippen molar-refractivity contribution in [2.45, 2.75) is 12.6 Å². The van der Waals surface area contributed by atoms with Crippen LogP contribution in [-0.2, 0) is 11.2 Å². The summed E-state index contributed by atoms with van der Waals surface area (Å²) in [6, 6.07) is 0. The van der Waals surface area contributed by atoms with E-state index in [0.717, 1.165) is 11.4 Å². The van der Waals surface area contributed by atoms with Crippen molar-refractivity contribution in [3.8, 4) is 0 Å². The highest BCUT2D eigenvalue weighted by molar-refractivity contribution is 5.41. The van der Waals surface area contributed by atoms with Crippen molar-refractivity contribution in [3.05, 3.63) is 11.8 Å². The predicted molar refractivity (Wildman–Crippen MR) is 46.8 cm³/mol. The molecular formula is C7H14N4O. The van der Waals surface area contributed by atoms with Crippen LogP contribution in [0, 0.1) is 0 Å². The minimum absolute atomic E-state index is 0.269. The Morgan fingerprint density at radius 2 is 2.58 bits per heavy atom. The van der Waals surface area contributed by atoms with Crippen molar-refractivity contribution < 1.29 is 4.74 Å². The number of anilines is 1. The summed E-state index contributed by atoms with van der Waals surface area (Å²) in [6.07, 6.45) is 2.13. The molecule has 0 fully saturated rings. The molecule has 68 valence electrons. The van der Waals surface area contributed by atoms with Crippen LogP contribution in [0.15, 0.2) is 6.20 Å². The van der Waals surface area contributed by atoms with Crippen LogP contribution in [0.5, 0.6) is 0 Å². The molecule has 5 nitrogen and oxygen atoms in total. The number of hydrogen-bond acceptors (Lipinski definition) is 4. The molecule has 0 spiro atoms. The number of hydrogen-bond donors (Lipinski definition) is 3. The second-order valence-electron chi connectivity index (χ2n) is 2.50. The number of methoxy groups -OCH3 is 1. The van der Waals surface area contributed by atoms with Crippen molar-refractivity contribution in [1.29, 1.82) is 0 Å². The van der Waals surface area contributed by atoms with Crippen LogP contribution in [0.1, 0.15) is 5.56 Å². The Hall–Kier alpha value is -1.07. The maximum Gasteiger partial charge on any atom is 0.124 e.